The minimum absolute atomic E-state index is 0.0554. The fourth-order valence-electron chi connectivity index (χ4n) is 3.16. The highest BCUT2D eigenvalue weighted by Crippen LogP contribution is 2.21. The fourth-order valence-corrected chi connectivity index (χ4v) is 3.16. The van der Waals surface area contributed by atoms with E-state index in [9.17, 15) is 4.79 Å². The van der Waals surface area contributed by atoms with Crippen molar-refractivity contribution in [3.8, 4) is 5.75 Å². The van der Waals surface area contributed by atoms with E-state index in [2.05, 4.69) is 16.3 Å². The molecule has 0 aromatic heterocycles. The molecule has 24 heavy (non-hydrogen) atoms. The van der Waals surface area contributed by atoms with Crippen LogP contribution in [0, 0.1) is 0 Å². The third kappa shape index (κ3) is 4.48. The summed E-state index contributed by atoms with van der Waals surface area (Å²) < 4.78 is 5.80. The molecular weight excluding hydrogens is 300 g/mol. The zero-order chi connectivity index (χ0) is 16.8. The minimum Gasteiger partial charge on any atom is -0.481 e. The van der Waals surface area contributed by atoms with Gasteiger partial charge < -0.3 is 15.0 Å². The number of benzene rings is 2. The summed E-state index contributed by atoms with van der Waals surface area (Å²) in [6.45, 7) is 5.71. The van der Waals surface area contributed by atoms with Crippen molar-refractivity contribution >= 4 is 16.7 Å². The Balaban J connectivity index is 1.47. The number of nitrogens with zero attached hydrogens (tertiary/aromatic N) is 1. The van der Waals surface area contributed by atoms with Crippen molar-refractivity contribution in [2.24, 2.45) is 0 Å². The van der Waals surface area contributed by atoms with E-state index in [0.29, 0.717) is 6.54 Å². The fraction of sp³-hybridized carbons (Fsp3) is 0.450. The number of hydrogen-bond acceptors (Lipinski definition) is 3. The van der Waals surface area contributed by atoms with Gasteiger partial charge in [0, 0.05) is 13.1 Å². The van der Waals surface area contributed by atoms with Gasteiger partial charge >= 0.3 is 0 Å². The number of rotatable bonds is 6. The second kappa shape index (κ2) is 8.15. The summed E-state index contributed by atoms with van der Waals surface area (Å²) in [7, 11) is 0. The van der Waals surface area contributed by atoms with E-state index in [0.717, 1.165) is 30.8 Å². The lowest BCUT2D eigenvalue weighted by Gasteiger charge is -2.26. The van der Waals surface area contributed by atoms with Crippen LogP contribution >= 0.6 is 0 Å². The maximum atomic E-state index is 12.2. The molecule has 2 aromatic carbocycles. The molecule has 1 N–H and O–H groups in total. The van der Waals surface area contributed by atoms with E-state index in [1.165, 1.54) is 24.6 Å². The first-order valence-corrected chi connectivity index (χ1v) is 8.88. The molecule has 0 unspecified atom stereocenters. The van der Waals surface area contributed by atoms with Gasteiger partial charge in [-0.3, -0.25) is 4.79 Å². The molecule has 0 aliphatic carbocycles. The minimum atomic E-state index is -0.493. The Bertz CT molecular complexity index is 680. The molecule has 0 bridgehead atoms. The molecule has 1 saturated heterocycles. The molecular formula is C20H26N2O2. The van der Waals surface area contributed by atoms with E-state index in [-0.39, 0.29) is 5.91 Å². The van der Waals surface area contributed by atoms with Crippen molar-refractivity contribution in [3.63, 3.8) is 0 Å². The van der Waals surface area contributed by atoms with Crippen LogP contribution in [-0.4, -0.2) is 43.1 Å². The zero-order valence-corrected chi connectivity index (χ0v) is 14.3. The van der Waals surface area contributed by atoms with Gasteiger partial charge in [0.1, 0.15) is 5.75 Å². The highest BCUT2D eigenvalue weighted by molar-refractivity contribution is 5.84. The Morgan fingerprint density at radius 2 is 1.88 bits per heavy atom. The number of likely N-dealkylation sites (tertiary alicyclic amines) is 1. The number of nitrogens with one attached hydrogen (secondary N) is 1. The zero-order valence-electron chi connectivity index (χ0n) is 14.3. The van der Waals surface area contributed by atoms with Gasteiger partial charge in [0.2, 0.25) is 0 Å². The summed E-state index contributed by atoms with van der Waals surface area (Å²) in [4.78, 5) is 14.6. The van der Waals surface area contributed by atoms with Crippen LogP contribution in [0.15, 0.2) is 42.5 Å². The van der Waals surface area contributed by atoms with Crippen molar-refractivity contribution in [1.82, 2.24) is 10.2 Å². The first-order valence-electron chi connectivity index (χ1n) is 8.88. The Morgan fingerprint density at radius 1 is 1.12 bits per heavy atom. The van der Waals surface area contributed by atoms with Gasteiger partial charge in [-0.1, -0.05) is 36.8 Å². The van der Waals surface area contributed by atoms with Gasteiger partial charge in [0.05, 0.1) is 0 Å². The number of carbonyl (C=O) groups is 1. The average Bonchev–Trinajstić information content (AvgIpc) is 2.62. The Hall–Kier alpha value is -2.07. The SMILES string of the molecule is C[C@H](Oc1ccc2ccccc2c1)C(=O)NCCN1CCCCC1. The normalized spacial score (nSPS) is 16.7. The predicted molar refractivity (Wildman–Crippen MR) is 97.3 cm³/mol. The molecule has 2 aromatic rings. The summed E-state index contributed by atoms with van der Waals surface area (Å²) in [6.07, 6.45) is 3.39. The number of fused-ring (bicyclic) bond motifs is 1. The first kappa shape index (κ1) is 16.8. The maximum Gasteiger partial charge on any atom is 0.260 e. The van der Waals surface area contributed by atoms with Crippen LogP contribution in [0.2, 0.25) is 0 Å². The standard InChI is InChI=1S/C20H26N2O2/c1-16(20(23)21-11-14-22-12-5-2-6-13-22)24-19-10-9-17-7-3-4-8-18(17)15-19/h3-4,7-10,15-16H,2,5-6,11-14H2,1H3,(H,21,23)/t16-/m0/s1. The number of amides is 1. The van der Waals surface area contributed by atoms with Crippen LogP contribution in [-0.2, 0) is 4.79 Å². The van der Waals surface area contributed by atoms with Gasteiger partial charge in [-0.05, 0) is 55.8 Å². The molecule has 4 nitrogen and oxygen atoms in total. The lowest BCUT2D eigenvalue weighted by molar-refractivity contribution is -0.127. The van der Waals surface area contributed by atoms with E-state index >= 15 is 0 Å². The molecule has 1 atom stereocenters. The average molecular weight is 326 g/mol. The summed E-state index contributed by atoms with van der Waals surface area (Å²) in [5, 5.41) is 5.27. The Morgan fingerprint density at radius 3 is 2.67 bits per heavy atom. The number of hydrogen-bond donors (Lipinski definition) is 1. The summed E-state index contributed by atoms with van der Waals surface area (Å²) in [5.41, 5.74) is 0. The van der Waals surface area contributed by atoms with E-state index in [1.54, 1.807) is 6.92 Å². The lowest BCUT2D eigenvalue weighted by Crippen LogP contribution is -2.42. The second-order valence-electron chi connectivity index (χ2n) is 6.46. The number of ether oxygens (including phenoxy) is 1. The summed E-state index contributed by atoms with van der Waals surface area (Å²) in [6, 6.07) is 14.0. The van der Waals surface area contributed by atoms with Crippen molar-refractivity contribution < 1.29 is 9.53 Å². The monoisotopic (exact) mass is 326 g/mol. The third-order valence-electron chi connectivity index (χ3n) is 4.58. The Labute approximate surface area is 143 Å². The van der Waals surface area contributed by atoms with E-state index < -0.39 is 6.10 Å². The second-order valence-corrected chi connectivity index (χ2v) is 6.46. The molecule has 1 amide bonds. The van der Waals surface area contributed by atoms with Gasteiger partial charge in [-0.15, -0.1) is 0 Å². The lowest BCUT2D eigenvalue weighted by atomic mass is 10.1. The molecule has 1 aliphatic heterocycles. The summed E-state index contributed by atoms with van der Waals surface area (Å²) in [5.74, 6) is 0.674. The van der Waals surface area contributed by atoms with Crippen LogP contribution in [0.5, 0.6) is 5.75 Å². The van der Waals surface area contributed by atoms with Crippen LogP contribution in [0.1, 0.15) is 26.2 Å². The quantitative estimate of drug-likeness (QED) is 0.886. The molecule has 128 valence electrons. The van der Waals surface area contributed by atoms with Crippen molar-refractivity contribution in [2.75, 3.05) is 26.2 Å². The van der Waals surface area contributed by atoms with Crippen molar-refractivity contribution in [1.29, 1.82) is 0 Å². The first-order chi connectivity index (χ1) is 11.7. The molecule has 1 aliphatic rings. The predicted octanol–water partition coefficient (Wildman–Crippen LogP) is 3.21. The highest BCUT2D eigenvalue weighted by atomic mass is 16.5. The van der Waals surface area contributed by atoms with Crippen molar-refractivity contribution in [3.05, 3.63) is 42.5 Å². The molecule has 0 saturated carbocycles. The molecule has 1 fully saturated rings. The molecule has 0 radical (unpaired) electrons. The van der Waals surface area contributed by atoms with Gasteiger partial charge in [-0.25, -0.2) is 0 Å². The highest BCUT2D eigenvalue weighted by Gasteiger charge is 2.15. The molecule has 3 rings (SSSR count). The van der Waals surface area contributed by atoms with Gasteiger partial charge in [0.25, 0.3) is 5.91 Å². The molecule has 1 heterocycles. The number of piperidine rings is 1. The van der Waals surface area contributed by atoms with Gasteiger partial charge in [0.15, 0.2) is 6.10 Å². The van der Waals surface area contributed by atoms with Crippen LogP contribution < -0.4 is 10.1 Å². The van der Waals surface area contributed by atoms with E-state index in [1.807, 2.05) is 36.4 Å². The maximum absolute atomic E-state index is 12.2. The molecule has 4 heteroatoms. The topological polar surface area (TPSA) is 41.6 Å². The van der Waals surface area contributed by atoms with Crippen LogP contribution in [0.25, 0.3) is 10.8 Å². The van der Waals surface area contributed by atoms with Crippen LogP contribution in [0.3, 0.4) is 0 Å². The largest absolute Gasteiger partial charge is 0.481 e. The smallest absolute Gasteiger partial charge is 0.260 e. The summed E-state index contributed by atoms with van der Waals surface area (Å²) >= 11 is 0. The van der Waals surface area contributed by atoms with E-state index in [4.69, 9.17) is 4.74 Å². The van der Waals surface area contributed by atoms with Crippen LogP contribution in [0.4, 0.5) is 0 Å². The van der Waals surface area contributed by atoms with Crippen molar-refractivity contribution in [2.45, 2.75) is 32.3 Å². The number of carbonyl (C=O) groups excluding carboxylic acids is 1. The molecule has 0 spiro atoms. The third-order valence-corrected chi connectivity index (χ3v) is 4.58. The van der Waals surface area contributed by atoms with Gasteiger partial charge in [-0.2, -0.15) is 0 Å². The Kier molecular flexibility index (Phi) is 5.70.